The summed E-state index contributed by atoms with van der Waals surface area (Å²) in [4.78, 5) is 10.9. The van der Waals surface area contributed by atoms with Crippen molar-refractivity contribution < 1.29 is 18.0 Å². The van der Waals surface area contributed by atoms with E-state index < -0.39 is 15.9 Å². The van der Waals surface area contributed by atoms with E-state index in [0.29, 0.717) is 31.2 Å². The van der Waals surface area contributed by atoms with Crippen LogP contribution in [0.3, 0.4) is 0 Å². The molecule has 146 valence electrons. The molecule has 2 aromatic heterocycles. The third-order valence-corrected chi connectivity index (χ3v) is 5.89. The number of sulfone groups is 1. The van der Waals surface area contributed by atoms with Crippen molar-refractivity contribution in [3.63, 3.8) is 0 Å². The first-order valence-electron chi connectivity index (χ1n) is 8.85. The lowest BCUT2D eigenvalue weighted by Crippen LogP contribution is -2.24. The molecule has 9 heteroatoms. The minimum atomic E-state index is -3.22. The summed E-state index contributed by atoms with van der Waals surface area (Å²) in [5, 5.41) is 14.2. The molecule has 0 amide bonds. The minimum absolute atomic E-state index is 0.206. The number of hydrogen-bond acceptors (Lipinski definition) is 8. The molecule has 1 aliphatic rings. The summed E-state index contributed by atoms with van der Waals surface area (Å²) >= 11 is 0. The van der Waals surface area contributed by atoms with Gasteiger partial charge in [0.1, 0.15) is 0 Å². The van der Waals surface area contributed by atoms with E-state index in [1.807, 2.05) is 6.07 Å². The fourth-order valence-electron chi connectivity index (χ4n) is 3.37. The van der Waals surface area contributed by atoms with Crippen molar-refractivity contribution in [3.05, 3.63) is 60.2 Å². The summed E-state index contributed by atoms with van der Waals surface area (Å²) in [6.45, 7) is 1.01. The maximum Gasteiger partial charge on any atom is 0.244 e. The van der Waals surface area contributed by atoms with Crippen molar-refractivity contribution in [1.29, 1.82) is 0 Å². The van der Waals surface area contributed by atoms with Crippen LogP contribution in [-0.4, -0.2) is 52.5 Å². The third kappa shape index (κ3) is 3.96. The van der Waals surface area contributed by atoms with Gasteiger partial charge in [0, 0.05) is 37.3 Å². The summed E-state index contributed by atoms with van der Waals surface area (Å²) in [7, 11) is -3.22. The highest BCUT2D eigenvalue weighted by Crippen LogP contribution is 2.33. The topological polar surface area (TPSA) is 109 Å². The van der Waals surface area contributed by atoms with Gasteiger partial charge in [-0.05, 0) is 36.2 Å². The van der Waals surface area contributed by atoms with Crippen molar-refractivity contribution >= 4 is 9.84 Å². The zero-order chi connectivity index (χ0) is 19.7. The Balaban J connectivity index is 1.54. The van der Waals surface area contributed by atoms with Gasteiger partial charge in [-0.15, -0.1) is 0 Å². The van der Waals surface area contributed by atoms with E-state index >= 15 is 0 Å². The lowest BCUT2D eigenvalue weighted by atomic mass is 10.1. The van der Waals surface area contributed by atoms with Crippen LogP contribution in [0.2, 0.25) is 0 Å². The lowest BCUT2D eigenvalue weighted by molar-refractivity contribution is 0.169. The first-order valence-corrected chi connectivity index (χ1v) is 10.7. The van der Waals surface area contributed by atoms with Crippen molar-refractivity contribution in [3.8, 4) is 11.4 Å². The molecule has 4 rings (SSSR count). The Kier molecular flexibility index (Phi) is 4.96. The molecule has 1 N–H and O–H groups in total. The van der Waals surface area contributed by atoms with Crippen LogP contribution >= 0.6 is 0 Å². The summed E-state index contributed by atoms with van der Waals surface area (Å²) in [5.41, 5.74) is 1.71. The molecule has 2 unspecified atom stereocenters. The molecule has 1 saturated heterocycles. The minimum Gasteiger partial charge on any atom is -0.392 e. The Morgan fingerprint density at radius 3 is 2.71 bits per heavy atom. The maximum absolute atomic E-state index is 11.6. The van der Waals surface area contributed by atoms with Gasteiger partial charge in [-0.3, -0.25) is 9.88 Å². The normalized spacial score (nSPS) is 20.5. The zero-order valence-electron chi connectivity index (χ0n) is 15.3. The number of β-amino-alcohol motifs (C(OH)–C–C–N with tert-alkyl or cyclic N) is 1. The quantitative estimate of drug-likeness (QED) is 0.691. The van der Waals surface area contributed by atoms with Crippen LogP contribution in [0.4, 0.5) is 0 Å². The molecule has 28 heavy (non-hydrogen) atoms. The molecule has 8 nitrogen and oxygen atoms in total. The van der Waals surface area contributed by atoms with Gasteiger partial charge in [0.05, 0.1) is 17.0 Å². The van der Waals surface area contributed by atoms with Gasteiger partial charge in [0.15, 0.2) is 9.84 Å². The highest BCUT2D eigenvalue weighted by atomic mass is 32.2. The average Bonchev–Trinajstić information content (AvgIpc) is 3.29. The Morgan fingerprint density at radius 2 is 2.04 bits per heavy atom. The molecule has 1 aliphatic heterocycles. The Bertz CT molecular complexity index is 1050. The molecule has 0 radical (unpaired) electrons. The number of aliphatic hydroxyl groups is 1. The summed E-state index contributed by atoms with van der Waals surface area (Å²) in [6.07, 6.45) is 4.53. The van der Waals surface area contributed by atoms with E-state index in [4.69, 9.17) is 4.52 Å². The number of hydrogen-bond donors (Lipinski definition) is 1. The number of likely N-dealkylation sites (tertiary alicyclic amines) is 1. The van der Waals surface area contributed by atoms with E-state index in [1.165, 1.54) is 6.26 Å². The standard InChI is InChI=1S/C19H20N4O4S/c1-28(25,26)16-6-4-13(5-7-16)11-23-12-15(24)9-17(23)19-21-18(22-27-19)14-3-2-8-20-10-14/h2-8,10,15,17,24H,9,11-12H2,1H3. The lowest BCUT2D eigenvalue weighted by Gasteiger charge is -2.21. The van der Waals surface area contributed by atoms with Crippen molar-refractivity contribution in [2.24, 2.45) is 0 Å². The fourth-order valence-corrected chi connectivity index (χ4v) is 4.00. The van der Waals surface area contributed by atoms with Crippen molar-refractivity contribution in [2.75, 3.05) is 12.8 Å². The van der Waals surface area contributed by atoms with E-state index in [9.17, 15) is 13.5 Å². The third-order valence-electron chi connectivity index (χ3n) is 4.77. The summed E-state index contributed by atoms with van der Waals surface area (Å²) in [5.74, 6) is 0.908. The van der Waals surface area contributed by atoms with Gasteiger partial charge >= 0.3 is 0 Å². The molecule has 0 spiro atoms. The second-order valence-electron chi connectivity index (χ2n) is 6.95. The molecular weight excluding hydrogens is 380 g/mol. The monoisotopic (exact) mass is 400 g/mol. The highest BCUT2D eigenvalue weighted by Gasteiger charge is 2.36. The molecule has 1 fully saturated rings. The van der Waals surface area contributed by atoms with Crippen LogP contribution in [0.1, 0.15) is 23.9 Å². The number of rotatable bonds is 5. The molecule has 0 aliphatic carbocycles. The predicted molar refractivity (Wildman–Crippen MR) is 101 cm³/mol. The molecular formula is C19H20N4O4S. The Hall–Kier alpha value is -2.62. The van der Waals surface area contributed by atoms with Gasteiger partial charge in [-0.1, -0.05) is 17.3 Å². The van der Waals surface area contributed by atoms with Crippen LogP contribution in [0, 0.1) is 0 Å². The van der Waals surface area contributed by atoms with Gasteiger partial charge in [-0.25, -0.2) is 8.42 Å². The van der Waals surface area contributed by atoms with Crippen LogP contribution in [0.5, 0.6) is 0 Å². The molecule has 3 aromatic rings. The summed E-state index contributed by atoms with van der Waals surface area (Å²) < 4.78 is 28.7. The molecule has 3 heterocycles. The van der Waals surface area contributed by atoms with Gasteiger partial charge in [0.25, 0.3) is 0 Å². The molecule has 0 saturated carbocycles. The highest BCUT2D eigenvalue weighted by molar-refractivity contribution is 7.90. The fraction of sp³-hybridized carbons (Fsp3) is 0.316. The van der Waals surface area contributed by atoms with Crippen molar-refractivity contribution in [1.82, 2.24) is 20.0 Å². The SMILES string of the molecule is CS(=O)(=O)c1ccc(CN2CC(O)CC2c2nc(-c3cccnc3)no2)cc1. The number of aliphatic hydroxyl groups excluding tert-OH is 1. The van der Waals surface area contributed by atoms with Crippen LogP contribution in [-0.2, 0) is 16.4 Å². The maximum atomic E-state index is 11.6. The van der Waals surface area contributed by atoms with E-state index in [1.54, 1.807) is 42.7 Å². The van der Waals surface area contributed by atoms with Crippen LogP contribution in [0.15, 0.2) is 58.2 Å². The first-order chi connectivity index (χ1) is 13.4. The van der Waals surface area contributed by atoms with Crippen LogP contribution in [0.25, 0.3) is 11.4 Å². The second-order valence-corrected chi connectivity index (χ2v) is 8.96. The number of nitrogens with zero attached hydrogens (tertiary/aromatic N) is 4. The molecule has 2 atom stereocenters. The zero-order valence-corrected chi connectivity index (χ0v) is 16.1. The largest absolute Gasteiger partial charge is 0.392 e. The number of benzene rings is 1. The predicted octanol–water partition coefficient (Wildman–Crippen LogP) is 1.84. The van der Waals surface area contributed by atoms with Crippen LogP contribution < -0.4 is 0 Å². The van der Waals surface area contributed by atoms with E-state index in [0.717, 1.165) is 11.1 Å². The van der Waals surface area contributed by atoms with E-state index in [-0.39, 0.29) is 10.9 Å². The first kappa shape index (κ1) is 18.7. The second kappa shape index (κ2) is 7.42. The Morgan fingerprint density at radius 1 is 1.25 bits per heavy atom. The number of aromatic nitrogens is 3. The molecule has 1 aromatic carbocycles. The number of pyridine rings is 1. The molecule has 0 bridgehead atoms. The van der Waals surface area contributed by atoms with E-state index in [2.05, 4.69) is 20.0 Å². The average molecular weight is 400 g/mol. The van der Waals surface area contributed by atoms with Gasteiger partial charge < -0.3 is 9.63 Å². The van der Waals surface area contributed by atoms with Gasteiger partial charge in [0.2, 0.25) is 11.7 Å². The smallest absolute Gasteiger partial charge is 0.244 e. The summed E-state index contributed by atoms with van der Waals surface area (Å²) in [6, 6.07) is 10.2. The van der Waals surface area contributed by atoms with Crippen molar-refractivity contribution in [2.45, 2.75) is 30.0 Å². The Labute approximate surface area is 162 Å². The van der Waals surface area contributed by atoms with Gasteiger partial charge in [-0.2, -0.15) is 4.98 Å².